The Bertz CT molecular complexity index is 618. The molecule has 1 aliphatic rings. The molecular formula is C17H22N2O. The zero-order chi connectivity index (χ0) is 14.1. The minimum Gasteiger partial charge on any atom is -0.494 e. The molecule has 1 heterocycles. The maximum Gasteiger partial charge on any atom is 0.145 e. The standard InChI is InChI=1S/C17H22N2O/c1-11(2)15-9-12(10-18-13-7-8-13)14-5-4-6-16(20-3)17(14)19-15/h4-6,9,11,13,18H,7-8,10H2,1-3H3. The third kappa shape index (κ3) is 2.63. The van der Waals surface area contributed by atoms with Crippen LogP contribution in [0.4, 0.5) is 0 Å². The molecule has 0 atom stereocenters. The second kappa shape index (κ2) is 5.41. The van der Waals surface area contributed by atoms with Crippen molar-refractivity contribution in [2.75, 3.05) is 7.11 Å². The summed E-state index contributed by atoms with van der Waals surface area (Å²) in [5.74, 6) is 1.28. The van der Waals surface area contributed by atoms with Crippen molar-refractivity contribution < 1.29 is 4.74 Å². The molecule has 20 heavy (non-hydrogen) atoms. The molecule has 0 radical (unpaired) electrons. The fourth-order valence-corrected chi connectivity index (χ4v) is 2.46. The number of benzene rings is 1. The van der Waals surface area contributed by atoms with Gasteiger partial charge in [0.15, 0.2) is 0 Å². The number of methoxy groups -OCH3 is 1. The average molecular weight is 270 g/mol. The molecule has 3 heteroatoms. The third-order valence-corrected chi connectivity index (χ3v) is 3.88. The van der Waals surface area contributed by atoms with Crippen molar-refractivity contribution in [3.8, 4) is 5.75 Å². The molecule has 0 aliphatic heterocycles. The van der Waals surface area contributed by atoms with Crippen LogP contribution in [0, 0.1) is 0 Å². The highest BCUT2D eigenvalue weighted by Gasteiger charge is 2.21. The minimum atomic E-state index is 0.420. The van der Waals surface area contributed by atoms with Crippen molar-refractivity contribution in [2.45, 2.75) is 45.2 Å². The Hall–Kier alpha value is -1.61. The number of aromatic nitrogens is 1. The number of para-hydroxylation sites is 1. The van der Waals surface area contributed by atoms with Crippen LogP contribution in [0.15, 0.2) is 24.3 Å². The molecule has 106 valence electrons. The molecule has 3 nitrogen and oxygen atoms in total. The van der Waals surface area contributed by atoms with Crippen molar-refractivity contribution in [3.05, 3.63) is 35.5 Å². The van der Waals surface area contributed by atoms with E-state index < -0.39 is 0 Å². The summed E-state index contributed by atoms with van der Waals surface area (Å²) in [6.45, 7) is 5.28. The zero-order valence-electron chi connectivity index (χ0n) is 12.4. The first-order valence-electron chi connectivity index (χ1n) is 7.39. The van der Waals surface area contributed by atoms with Gasteiger partial charge in [-0.2, -0.15) is 0 Å². The lowest BCUT2D eigenvalue weighted by Crippen LogP contribution is -2.16. The average Bonchev–Trinajstić information content (AvgIpc) is 3.27. The van der Waals surface area contributed by atoms with E-state index in [1.54, 1.807) is 7.11 Å². The summed E-state index contributed by atoms with van der Waals surface area (Å²) in [4.78, 5) is 4.80. The zero-order valence-corrected chi connectivity index (χ0v) is 12.4. The molecule has 2 aromatic rings. The monoisotopic (exact) mass is 270 g/mol. The number of rotatable bonds is 5. The first-order valence-corrected chi connectivity index (χ1v) is 7.39. The summed E-state index contributed by atoms with van der Waals surface area (Å²) in [5.41, 5.74) is 3.44. The van der Waals surface area contributed by atoms with E-state index in [2.05, 4.69) is 31.3 Å². The van der Waals surface area contributed by atoms with Crippen LogP contribution in [0.25, 0.3) is 10.9 Å². The van der Waals surface area contributed by atoms with Gasteiger partial charge < -0.3 is 10.1 Å². The highest BCUT2D eigenvalue weighted by Crippen LogP contribution is 2.29. The number of nitrogens with one attached hydrogen (secondary N) is 1. The first-order chi connectivity index (χ1) is 9.69. The Morgan fingerprint density at radius 1 is 1.35 bits per heavy atom. The van der Waals surface area contributed by atoms with Crippen molar-refractivity contribution >= 4 is 10.9 Å². The van der Waals surface area contributed by atoms with E-state index >= 15 is 0 Å². The van der Waals surface area contributed by atoms with Crippen molar-refractivity contribution in [3.63, 3.8) is 0 Å². The van der Waals surface area contributed by atoms with Crippen molar-refractivity contribution in [1.82, 2.24) is 10.3 Å². The number of nitrogens with zero attached hydrogens (tertiary/aromatic N) is 1. The second-order valence-electron chi connectivity index (χ2n) is 5.87. The lowest BCUT2D eigenvalue weighted by molar-refractivity contribution is 0.418. The molecule has 0 unspecified atom stereocenters. The van der Waals surface area contributed by atoms with Crippen LogP contribution in [-0.4, -0.2) is 18.1 Å². The van der Waals surface area contributed by atoms with Gasteiger partial charge in [-0.15, -0.1) is 0 Å². The number of ether oxygens (including phenoxy) is 1. The smallest absolute Gasteiger partial charge is 0.145 e. The van der Waals surface area contributed by atoms with Gasteiger partial charge >= 0.3 is 0 Å². The number of hydrogen-bond acceptors (Lipinski definition) is 3. The highest BCUT2D eigenvalue weighted by atomic mass is 16.5. The van der Waals surface area contributed by atoms with E-state index in [-0.39, 0.29) is 0 Å². The first kappa shape index (κ1) is 13.4. The van der Waals surface area contributed by atoms with E-state index in [9.17, 15) is 0 Å². The molecule has 1 aromatic heterocycles. The second-order valence-corrected chi connectivity index (χ2v) is 5.87. The Morgan fingerprint density at radius 3 is 2.80 bits per heavy atom. The Labute approximate surface area is 120 Å². The normalized spacial score (nSPS) is 15.0. The molecule has 1 aliphatic carbocycles. The SMILES string of the molecule is COc1cccc2c(CNC3CC3)cc(C(C)C)nc12. The van der Waals surface area contributed by atoms with E-state index in [1.807, 2.05) is 12.1 Å². The quantitative estimate of drug-likeness (QED) is 0.901. The molecule has 1 saturated carbocycles. The Kier molecular flexibility index (Phi) is 3.62. The maximum absolute atomic E-state index is 5.47. The lowest BCUT2D eigenvalue weighted by Gasteiger charge is -2.14. The maximum atomic E-state index is 5.47. The Balaban J connectivity index is 2.08. The third-order valence-electron chi connectivity index (χ3n) is 3.88. The number of pyridine rings is 1. The van der Waals surface area contributed by atoms with Gasteiger partial charge in [0.05, 0.1) is 7.11 Å². The van der Waals surface area contributed by atoms with Gasteiger partial charge in [0.2, 0.25) is 0 Å². The summed E-state index contributed by atoms with van der Waals surface area (Å²) in [5, 5.41) is 4.80. The molecule has 0 saturated heterocycles. The predicted octanol–water partition coefficient (Wildman–Crippen LogP) is 3.62. The molecule has 0 amide bonds. The van der Waals surface area contributed by atoms with Gasteiger partial charge in [-0.25, -0.2) is 4.98 Å². The van der Waals surface area contributed by atoms with E-state index in [1.165, 1.54) is 23.8 Å². The van der Waals surface area contributed by atoms with Crippen LogP contribution in [-0.2, 0) is 6.54 Å². The summed E-state index contributed by atoms with van der Waals surface area (Å²) in [6, 6.07) is 9.11. The van der Waals surface area contributed by atoms with E-state index in [4.69, 9.17) is 9.72 Å². The van der Waals surface area contributed by atoms with E-state index in [0.717, 1.165) is 23.5 Å². The Morgan fingerprint density at radius 2 is 2.15 bits per heavy atom. The molecular weight excluding hydrogens is 248 g/mol. The van der Waals surface area contributed by atoms with Gasteiger partial charge in [-0.3, -0.25) is 0 Å². The van der Waals surface area contributed by atoms with Gasteiger partial charge in [-0.05, 0) is 36.5 Å². The van der Waals surface area contributed by atoms with Crippen LogP contribution in [0.2, 0.25) is 0 Å². The fraction of sp³-hybridized carbons (Fsp3) is 0.471. The highest BCUT2D eigenvalue weighted by molar-refractivity contribution is 5.87. The van der Waals surface area contributed by atoms with Crippen LogP contribution >= 0.6 is 0 Å². The molecule has 1 fully saturated rings. The fourth-order valence-electron chi connectivity index (χ4n) is 2.46. The number of hydrogen-bond donors (Lipinski definition) is 1. The molecule has 0 bridgehead atoms. The molecule has 0 spiro atoms. The summed E-state index contributed by atoms with van der Waals surface area (Å²) < 4.78 is 5.47. The van der Waals surface area contributed by atoms with Gasteiger partial charge in [0, 0.05) is 23.7 Å². The van der Waals surface area contributed by atoms with Crippen LogP contribution in [0.5, 0.6) is 5.75 Å². The predicted molar refractivity (Wildman–Crippen MR) is 82.2 cm³/mol. The van der Waals surface area contributed by atoms with Gasteiger partial charge in [0.1, 0.15) is 11.3 Å². The molecule has 1 N–H and O–H groups in total. The van der Waals surface area contributed by atoms with Crippen LogP contribution in [0.3, 0.4) is 0 Å². The van der Waals surface area contributed by atoms with Crippen molar-refractivity contribution in [2.24, 2.45) is 0 Å². The topological polar surface area (TPSA) is 34.1 Å². The minimum absolute atomic E-state index is 0.420. The van der Waals surface area contributed by atoms with Gasteiger partial charge in [-0.1, -0.05) is 26.0 Å². The van der Waals surface area contributed by atoms with Crippen molar-refractivity contribution in [1.29, 1.82) is 0 Å². The summed E-state index contributed by atoms with van der Waals surface area (Å²) >= 11 is 0. The number of fused-ring (bicyclic) bond motifs is 1. The summed E-state index contributed by atoms with van der Waals surface area (Å²) in [7, 11) is 1.71. The van der Waals surface area contributed by atoms with Crippen LogP contribution in [0.1, 0.15) is 43.9 Å². The molecule has 1 aromatic carbocycles. The van der Waals surface area contributed by atoms with E-state index in [0.29, 0.717) is 12.0 Å². The largest absolute Gasteiger partial charge is 0.494 e. The van der Waals surface area contributed by atoms with Crippen LogP contribution < -0.4 is 10.1 Å². The molecule has 3 rings (SSSR count). The lowest BCUT2D eigenvalue weighted by atomic mass is 10.0. The summed E-state index contributed by atoms with van der Waals surface area (Å²) in [6.07, 6.45) is 2.62. The van der Waals surface area contributed by atoms with Gasteiger partial charge in [0.25, 0.3) is 0 Å².